The summed E-state index contributed by atoms with van der Waals surface area (Å²) in [6.45, 7) is 1.85. The van der Waals surface area contributed by atoms with Crippen molar-refractivity contribution in [2.75, 3.05) is 5.32 Å². The Bertz CT molecular complexity index is 660. The number of carbonyl (C=O) groups is 2. The number of carbonyl (C=O) groups excluding carboxylic acids is 1. The Labute approximate surface area is 114 Å². The molecule has 0 aliphatic rings. The lowest BCUT2D eigenvalue weighted by Gasteiger charge is -2.06. The number of hydrogen-bond acceptors (Lipinski definition) is 4. The molecule has 0 spiro atoms. The summed E-state index contributed by atoms with van der Waals surface area (Å²) in [4.78, 5) is 22.3. The van der Waals surface area contributed by atoms with E-state index in [1.54, 1.807) is 18.2 Å². The van der Waals surface area contributed by atoms with Gasteiger partial charge in [0.05, 0.1) is 6.20 Å². The normalized spacial score (nSPS) is 10.7. The van der Waals surface area contributed by atoms with Crippen LogP contribution in [0.5, 0.6) is 0 Å². The zero-order chi connectivity index (χ0) is 14.5. The second-order valence-corrected chi connectivity index (χ2v) is 4.07. The van der Waals surface area contributed by atoms with Gasteiger partial charge in [-0.25, -0.2) is 4.79 Å². The van der Waals surface area contributed by atoms with Gasteiger partial charge >= 0.3 is 5.97 Å². The molecule has 6 heteroatoms. The van der Waals surface area contributed by atoms with Gasteiger partial charge in [0.1, 0.15) is 0 Å². The maximum Gasteiger partial charge on any atom is 0.328 e. The first-order chi connectivity index (χ1) is 9.56. The molecule has 1 heterocycles. The lowest BCUT2D eigenvalue weighted by atomic mass is 10.1. The molecule has 6 nitrogen and oxygen atoms in total. The zero-order valence-electron chi connectivity index (χ0n) is 10.7. The van der Waals surface area contributed by atoms with Crippen LogP contribution in [0.25, 0.3) is 6.08 Å². The third-order valence-electron chi connectivity index (χ3n) is 2.60. The molecule has 0 saturated carbocycles. The number of aliphatic carboxylic acids is 1. The predicted octanol–water partition coefficient (Wildman–Crippen LogP) is 2.33. The van der Waals surface area contributed by atoms with E-state index < -0.39 is 11.9 Å². The number of nitrogens with one attached hydrogen (secondary N) is 1. The maximum atomic E-state index is 11.8. The number of hydrogen-bond donors (Lipinski definition) is 2. The Morgan fingerprint density at radius 1 is 1.35 bits per heavy atom. The van der Waals surface area contributed by atoms with Gasteiger partial charge in [-0.15, -0.1) is 0 Å². The Morgan fingerprint density at radius 3 is 2.80 bits per heavy atom. The van der Waals surface area contributed by atoms with Gasteiger partial charge in [-0.2, -0.15) is 0 Å². The van der Waals surface area contributed by atoms with Gasteiger partial charge in [0, 0.05) is 17.8 Å². The molecule has 1 amide bonds. The quantitative estimate of drug-likeness (QED) is 0.833. The van der Waals surface area contributed by atoms with Gasteiger partial charge in [-0.05, 0) is 36.3 Å². The minimum absolute atomic E-state index is 0.105. The molecule has 0 fully saturated rings. The van der Waals surface area contributed by atoms with Crippen LogP contribution >= 0.6 is 0 Å². The van der Waals surface area contributed by atoms with Crippen molar-refractivity contribution in [1.29, 1.82) is 0 Å². The van der Waals surface area contributed by atoms with Gasteiger partial charge in [0.2, 0.25) is 5.76 Å². The average molecular weight is 272 g/mol. The standard InChI is InChI=1S/C14H12N2O4/c1-9-2-4-11(8-10(9)3-5-13(17)18)16-14(19)12-6-7-15-20-12/h2-8H,1H3,(H,16,19)(H,17,18). The molecule has 1 aromatic carbocycles. The highest BCUT2D eigenvalue weighted by molar-refractivity contribution is 6.02. The number of aryl methyl sites for hydroxylation is 1. The molecule has 0 radical (unpaired) electrons. The van der Waals surface area contributed by atoms with Crippen molar-refractivity contribution in [3.8, 4) is 0 Å². The van der Waals surface area contributed by atoms with Gasteiger partial charge < -0.3 is 14.9 Å². The Balaban J connectivity index is 2.19. The largest absolute Gasteiger partial charge is 0.478 e. The van der Waals surface area contributed by atoms with Gasteiger partial charge in [-0.1, -0.05) is 11.2 Å². The first-order valence-corrected chi connectivity index (χ1v) is 5.80. The molecule has 20 heavy (non-hydrogen) atoms. The van der Waals surface area contributed by atoms with Crippen LogP contribution in [0.1, 0.15) is 21.7 Å². The van der Waals surface area contributed by atoms with E-state index in [2.05, 4.69) is 10.5 Å². The van der Waals surface area contributed by atoms with Crippen molar-refractivity contribution >= 4 is 23.6 Å². The van der Waals surface area contributed by atoms with E-state index in [9.17, 15) is 9.59 Å². The summed E-state index contributed by atoms with van der Waals surface area (Å²) in [6, 6.07) is 6.65. The second-order valence-electron chi connectivity index (χ2n) is 4.07. The summed E-state index contributed by atoms with van der Waals surface area (Å²) >= 11 is 0. The molecule has 1 aromatic heterocycles. The number of rotatable bonds is 4. The van der Waals surface area contributed by atoms with E-state index in [0.29, 0.717) is 11.3 Å². The third-order valence-corrected chi connectivity index (χ3v) is 2.60. The SMILES string of the molecule is Cc1ccc(NC(=O)c2ccno2)cc1C=CC(=O)O. The maximum absolute atomic E-state index is 11.8. The van der Waals surface area contributed by atoms with Gasteiger partial charge in [0.15, 0.2) is 0 Å². The molecular formula is C14H12N2O4. The molecule has 0 bridgehead atoms. The summed E-state index contributed by atoms with van der Waals surface area (Å²) in [5.41, 5.74) is 2.16. The van der Waals surface area contributed by atoms with Crippen LogP contribution in [0.2, 0.25) is 0 Å². The van der Waals surface area contributed by atoms with Crippen LogP contribution in [0.3, 0.4) is 0 Å². The van der Waals surface area contributed by atoms with Gasteiger partial charge in [0.25, 0.3) is 5.91 Å². The Hall–Kier alpha value is -2.89. The number of anilines is 1. The van der Waals surface area contributed by atoms with Crippen molar-refractivity contribution in [3.05, 3.63) is 53.4 Å². The highest BCUT2D eigenvalue weighted by atomic mass is 16.5. The van der Waals surface area contributed by atoms with E-state index in [1.807, 2.05) is 6.92 Å². The minimum Gasteiger partial charge on any atom is -0.478 e. The first-order valence-electron chi connectivity index (χ1n) is 5.80. The van der Waals surface area contributed by atoms with Crippen molar-refractivity contribution in [1.82, 2.24) is 5.16 Å². The van der Waals surface area contributed by atoms with Crippen molar-refractivity contribution < 1.29 is 19.2 Å². The van der Waals surface area contributed by atoms with Crippen LogP contribution in [0.15, 0.2) is 41.1 Å². The predicted molar refractivity (Wildman–Crippen MR) is 72.3 cm³/mol. The van der Waals surface area contributed by atoms with E-state index in [1.165, 1.54) is 18.3 Å². The number of nitrogens with zero attached hydrogens (tertiary/aromatic N) is 1. The lowest BCUT2D eigenvalue weighted by Crippen LogP contribution is -2.11. The fourth-order valence-corrected chi connectivity index (χ4v) is 1.58. The number of carboxylic acids is 1. The van der Waals surface area contributed by atoms with Gasteiger partial charge in [-0.3, -0.25) is 4.79 Å². The second kappa shape index (κ2) is 5.83. The number of aromatic nitrogens is 1. The summed E-state index contributed by atoms with van der Waals surface area (Å²) < 4.78 is 4.75. The van der Waals surface area contributed by atoms with E-state index in [0.717, 1.165) is 11.6 Å². The van der Waals surface area contributed by atoms with Crippen molar-refractivity contribution in [3.63, 3.8) is 0 Å². The van der Waals surface area contributed by atoms with E-state index in [-0.39, 0.29) is 5.76 Å². The number of amides is 1. The average Bonchev–Trinajstić information content (AvgIpc) is 2.93. The minimum atomic E-state index is -1.03. The van der Waals surface area contributed by atoms with Crippen LogP contribution in [-0.4, -0.2) is 22.1 Å². The van der Waals surface area contributed by atoms with Crippen molar-refractivity contribution in [2.45, 2.75) is 6.92 Å². The highest BCUT2D eigenvalue weighted by Gasteiger charge is 2.10. The first kappa shape index (κ1) is 13.5. The molecule has 2 aromatic rings. The summed E-state index contributed by atoms with van der Waals surface area (Å²) in [5.74, 6) is -1.34. The summed E-state index contributed by atoms with van der Waals surface area (Å²) in [5, 5.41) is 14.7. The summed E-state index contributed by atoms with van der Waals surface area (Å²) in [6.07, 6.45) is 3.90. The Morgan fingerprint density at radius 2 is 2.15 bits per heavy atom. The van der Waals surface area contributed by atoms with Crippen molar-refractivity contribution in [2.24, 2.45) is 0 Å². The topological polar surface area (TPSA) is 92.4 Å². The number of carboxylic acid groups (broad SMARTS) is 1. The third kappa shape index (κ3) is 3.32. The number of benzene rings is 1. The fraction of sp³-hybridized carbons (Fsp3) is 0.0714. The monoisotopic (exact) mass is 272 g/mol. The summed E-state index contributed by atoms with van der Waals surface area (Å²) in [7, 11) is 0. The molecule has 2 N–H and O–H groups in total. The lowest BCUT2D eigenvalue weighted by molar-refractivity contribution is -0.131. The molecule has 2 rings (SSSR count). The van der Waals surface area contributed by atoms with E-state index in [4.69, 9.17) is 9.63 Å². The molecule has 0 aliphatic heterocycles. The van der Waals surface area contributed by atoms with E-state index >= 15 is 0 Å². The van der Waals surface area contributed by atoms with Crippen LogP contribution in [0.4, 0.5) is 5.69 Å². The molecule has 0 atom stereocenters. The highest BCUT2D eigenvalue weighted by Crippen LogP contribution is 2.17. The fourth-order valence-electron chi connectivity index (χ4n) is 1.58. The van der Waals surface area contributed by atoms with Crippen LogP contribution < -0.4 is 5.32 Å². The molecule has 0 aliphatic carbocycles. The molecular weight excluding hydrogens is 260 g/mol. The smallest absolute Gasteiger partial charge is 0.328 e. The van der Waals surface area contributed by atoms with Crippen LogP contribution in [0, 0.1) is 6.92 Å². The Kier molecular flexibility index (Phi) is 3.95. The molecule has 102 valence electrons. The van der Waals surface area contributed by atoms with Crippen LogP contribution in [-0.2, 0) is 4.79 Å². The zero-order valence-corrected chi connectivity index (χ0v) is 10.7. The molecule has 0 unspecified atom stereocenters. The molecule has 0 saturated heterocycles.